The van der Waals surface area contributed by atoms with Crippen LogP contribution >= 0.6 is 0 Å². The standard InChI is InChI=1S/C28H35F3N2O2/c1-20(2)27(26(34)32-18-21-7-6-10-24(17-21)28(29,30)31)14-11-25(19-35-27)33-15-12-23(13-16-33)22-8-4-3-5-9-22/h3-10,17,20,23,25H,11-16,18-19H2,1-2H3,(H,32,34)/t25-,27+/m1/s1. The molecule has 2 aliphatic heterocycles. The van der Waals surface area contributed by atoms with E-state index < -0.39 is 17.3 Å². The molecule has 190 valence electrons. The van der Waals surface area contributed by atoms with Crippen molar-refractivity contribution in [3.8, 4) is 0 Å². The molecule has 35 heavy (non-hydrogen) atoms. The van der Waals surface area contributed by atoms with Gasteiger partial charge in [-0.2, -0.15) is 13.2 Å². The van der Waals surface area contributed by atoms with Gasteiger partial charge in [0.2, 0.25) is 0 Å². The summed E-state index contributed by atoms with van der Waals surface area (Å²) in [5.41, 5.74) is 0.154. The average Bonchev–Trinajstić information content (AvgIpc) is 2.87. The van der Waals surface area contributed by atoms with E-state index in [4.69, 9.17) is 4.74 Å². The maximum absolute atomic E-state index is 13.2. The Labute approximate surface area is 205 Å². The smallest absolute Gasteiger partial charge is 0.363 e. The minimum Gasteiger partial charge on any atom is -0.363 e. The molecule has 0 bridgehead atoms. The predicted octanol–water partition coefficient (Wildman–Crippen LogP) is 5.78. The monoisotopic (exact) mass is 488 g/mol. The third-order valence-corrected chi connectivity index (χ3v) is 7.72. The highest BCUT2D eigenvalue weighted by atomic mass is 19.4. The van der Waals surface area contributed by atoms with Crippen molar-refractivity contribution in [1.29, 1.82) is 0 Å². The summed E-state index contributed by atoms with van der Waals surface area (Å²) in [6.07, 6.45) is -0.704. The molecular formula is C28H35F3N2O2. The van der Waals surface area contributed by atoms with Gasteiger partial charge in [-0.25, -0.2) is 0 Å². The Morgan fingerprint density at radius 2 is 1.80 bits per heavy atom. The number of alkyl halides is 3. The number of amides is 1. The van der Waals surface area contributed by atoms with E-state index in [0.29, 0.717) is 24.5 Å². The number of rotatable bonds is 6. The number of benzene rings is 2. The van der Waals surface area contributed by atoms with E-state index in [-0.39, 0.29) is 24.4 Å². The van der Waals surface area contributed by atoms with Crippen LogP contribution in [0, 0.1) is 5.92 Å². The molecule has 2 aromatic carbocycles. The van der Waals surface area contributed by atoms with Crippen LogP contribution in [-0.4, -0.2) is 42.1 Å². The van der Waals surface area contributed by atoms with Gasteiger partial charge < -0.3 is 10.1 Å². The van der Waals surface area contributed by atoms with Crippen molar-refractivity contribution in [2.75, 3.05) is 19.7 Å². The summed E-state index contributed by atoms with van der Waals surface area (Å²) in [5, 5.41) is 2.84. The van der Waals surface area contributed by atoms with Gasteiger partial charge >= 0.3 is 6.18 Å². The summed E-state index contributed by atoms with van der Waals surface area (Å²) in [5.74, 6) is 0.299. The zero-order valence-corrected chi connectivity index (χ0v) is 20.5. The molecule has 0 radical (unpaired) electrons. The van der Waals surface area contributed by atoms with E-state index in [0.717, 1.165) is 44.5 Å². The summed E-state index contributed by atoms with van der Waals surface area (Å²) >= 11 is 0. The van der Waals surface area contributed by atoms with E-state index in [1.807, 2.05) is 13.8 Å². The molecule has 2 aliphatic rings. The van der Waals surface area contributed by atoms with Crippen LogP contribution in [0.1, 0.15) is 62.1 Å². The second kappa shape index (κ2) is 10.7. The number of nitrogens with zero attached hydrogens (tertiary/aromatic N) is 1. The first-order valence-corrected chi connectivity index (χ1v) is 12.6. The average molecular weight is 489 g/mol. The molecule has 0 spiro atoms. The zero-order valence-electron chi connectivity index (χ0n) is 20.5. The Balaban J connectivity index is 1.32. The molecule has 7 heteroatoms. The van der Waals surface area contributed by atoms with Crippen molar-refractivity contribution in [2.24, 2.45) is 5.92 Å². The second-order valence-electron chi connectivity index (χ2n) is 10.1. The van der Waals surface area contributed by atoms with Crippen LogP contribution in [0.25, 0.3) is 0 Å². The highest BCUT2D eigenvalue weighted by Crippen LogP contribution is 2.36. The van der Waals surface area contributed by atoms with Crippen molar-refractivity contribution < 1.29 is 22.7 Å². The lowest BCUT2D eigenvalue weighted by Gasteiger charge is -2.46. The SMILES string of the molecule is CC(C)[C@]1(C(=O)NCc2cccc(C(F)(F)F)c2)CC[C@@H](N2CCC(c3ccccc3)CC2)CO1. The summed E-state index contributed by atoms with van der Waals surface area (Å²) < 4.78 is 45.3. The molecule has 1 amide bonds. The maximum Gasteiger partial charge on any atom is 0.416 e. The Hall–Kier alpha value is -2.38. The first-order chi connectivity index (χ1) is 16.7. The Kier molecular flexibility index (Phi) is 7.86. The first-order valence-electron chi connectivity index (χ1n) is 12.6. The fourth-order valence-corrected chi connectivity index (χ4v) is 5.48. The summed E-state index contributed by atoms with van der Waals surface area (Å²) in [6.45, 7) is 6.50. The minimum atomic E-state index is -4.41. The number of carbonyl (C=O) groups is 1. The molecule has 2 fully saturated rings. The highest BCUT2D eigenvalue weighted by Gasteiger charge is 2.46. The number of carbonyl (C=O) groups excluding carboxylic acids is 1. The topological polar surface area (TPSA) is 41.6 Å². The lowest BCUT2D eigenvalue weighted by Crippen LogP contribution is -2.58. The van der Waals surface area contributed by atoms with Gasteiger partial charge in [-0.3, -0.25) is 9.69 Å². The van der Waals surface area contributed by atoms with Crippen molar-refractivity contribution in [2.45, 2.75) is 69.8 Å². The van der Waals surface area contributed by atoms with E-state index in [1.54, 1.807) is 6.07 Å². The lowest BCUT2D eigenvalue weighted by molar-refractivity contribution is -0.170. The van der Waals surface area contributed by atoms with Gasteiger partial charge in [-0.05, 0) is 73.9 Å². The molecule has 0 unspecified atom stereocenters. The van der Waals surface area contributed by atoms with E-state index in [9.17, 15) is 18.0 Å². The molecule has 0 aliphatic carbocycles. The quantitative estimate of drug-likeness (QED) is 0.561. The molecule has 4 rings (SSSR count). The second-order valence-corrected chi connectivity index (χ2v) is 10.1. The molecule has 2 atom stereocenters. The maximum atomic E-state index is 13.2. The van der Waals surface area contributed by atoms with Crippen molar-refractivity contribution >= 4 is 5.91 Å². The number of hydrogen-bond donors (Lipinski definition) is 1. The predicted molar refractivity (Wildman–Crippen MR) is 130 cm³/mol. The van der Waals surface area contributed by atoms with Gasteiger partial charge in [0.1, 0.15) is 5.60 Å². The first kappa shape index (κ1) is 25.7. The summed E-state index contributed by atoms with van der Waals surface area (Å²) in [6, 6.07) is 16.0. The molecule has 4 nitrogen and oxygen atoms in total. The van der Waals surface area contributed by atoms with Crippen LogP contribution in [0.3, 0.4) is 0 Å². The van der Waals surface area contributed by atoms with Gasteiger partial charge in [0.25, 0.3) is 5.91 Å². The van der Waals surface area contributed by atoms with Crippen LogP contribution in [0.2, 0.25) is 0 Å². The third kappa shape index (κ3) is 5.89. The van der Waals surface area contributed by atoms with Gasteiger partial charge in [-0.15, -0.1) is 0 Å². The van der Waals surface area contributed by atoms with Gasteiger partial charge in [0, 0.05) is 12.6 Å². The number of ether oxygens (including phenoxy) is 1. The normalized spacial score (nSPS) is 24.5. The summed E-state index contributed by atoms with van der Waals surface area (Å²) in [7, 11) is 0. The number of hydrogen-bond acceptors (Lipinski definition) is 3. The van der Waals surface area contributed by atoms with Gasteiger partial charge in [0.15, 0.2) is 0 Å². The van der Waals surface area contributed by atoms with Crippen LogP contribution in [0.4, 0.5) is 13.2 Å². The Morgan fingerprint density at radius 1 is 1.09 bits per heavy atom. The number of likely N-dealkylation sites (tertiary alicyclic amines) is 1. The molecule has 2 heterocycles. The minimum absolute atomic E-state index is 0.0387. The van der Waals surface area contributed by atoms with Crippen molar-refractivity contribution in [1.82, 2.24) is 10.2 Å². The van der Waals surface area contributed by atoms with E-state index in [1.165, 1.54) is 11.6 Å². The lowest BCUT2D eigenvalue weighted by atomic mass is 9.80. The largest absolute Gasteiger partial charge is 0.416 e. The van der Waals surface area contributed by atoms with Crippen LogP contribution in [-0.2, 0) is 22.3 Å². The zero-order chi connectivity index (χ0) is 25.1. The van der Waals surface area contributed by atoms with Crippen molar-refractivity contribution in [3.05, 3.63) is 71.3 Å². The van der Waals surface area contributed by atoms with Gasteiger partial charge in [0.05, 0.1) is 12.2 Å². The van der Waals surface area contributed by atoms with Crippen LogP contribution in [0.5, 0.6) is 0 Å². The van der Waals surface area contributed by atoms with Gasteiger partial charge in [-0.1, -0.05) is 56.3 Å². The number of nitrogens with one attached hydrogen (secondary N) is 1. The van der Waals surface area contributed by atoms with E-state index >= 15 is 0 Å². The third-order valence-electron chi connectivity index (χ3n) is 7.72. The number of piperidine rings is 1. The molecule has 0 saturated carbocycles. The highest BCUT2D eigenvalue weighted by molar-refractivity contribution is 5.85. The van der Waals surface area contributed by atoms with E-state index in [2.05, 4.69) is 40.5 Å². The fraction of sp³-hybridized carbons (Fsp3) is 0.536. The van der Waals surface area contributed by atoms with Crippen LogP contribution in [0.15, 0.2) is 54.6 Å². The fourth-order valence-electron chi connectivity index (χ4n) is 5.48. The van der Waals surface area contributed by atoms with Crippen molar-refractivity contribution in [3.63, 3.8) is 0 Å². The molecular weight excluding hydrogens is 453 g/mol. The van der Waals surface area contributed by atoms with Crippen LogP contribution < -0.4 is 5.32 Å². The molecule has 1 N–H and O–H groups in total. The molecule has 2 saturated heterocycles. The molecule has 2 aromatic rings. The summed E-state index contributed by atoms with van der Waals surface area (Å²) in [4.78, 5) is 15.7. The Morgan fingerprint density at radius 3 is 2.40 bits per heavy atom. The molecule has 0 aromatic heterocycles. The number of halogens is 3. The Bertz CT molecular complexity index is 977.